The van der Waals surface area contributed by atoms with Gasteiger partial charge in [-0.2, -0.15) is 5.10 Å². The first-order valence-corrected chi connectivity index (χ1v) is 11.0. The van der Waals surface area contributed by atoms with Gasteiger partial charge >= 0.3 is 0 Å². The molecule has 0 aliphatic heterocycles. The van der Waals surface area contributed by atoms with Crippen LogP contribution in [0.15, 0.2) is 96.1 Å². The molecular formula is C28H26N2O3. The predicted octanol–water partition coefficient (Wildman–Crippen LogP) is 5.82. The fourth-order valence-electron chi connectivity index (χ4n) is 3.56. The maximum Gasteiger partial charge on any atom is 0.280 e. The van der Waals surface area contributed by atoms with E-state index in [0.717, 1.165) is 33.2 Å². The molecule has 1 atom stereocenters. The molecule has 0 spiro atoms. The van der Waals surface area contributed by atoms with Gasteiger partial charge in [-0.05, 0) is 53.9 Å². The van der Waals surface area contributed by atoms with Gasteiger partial charge in [0.25, 0.3) is 5.91 Å². The SMILES string of the molecule is CCOc1ccc2ccccc2c1/C=N/NC(=O)[C@@H](C)Oc1ccc(-c2ccccc2)cc1. The lowest BCUT2D eigenvalue weighted by atomic mass is 10.0. The van der Waals surface area contributed by atoms with Crippen molar-refractivity contribution in [2.24, 2.45) is 5.10 Å². The van der Waals surface area contributed by atoms with Crippen LogP contribution in [-0.2, 0) is 4.79 Å². The molecule has 0 saturated carbocycles. The summed E-state index contributed by atoms with van der Waals surface area (Å²) >= 11 is 0. The predicted molar refractivity (Wildman–Crippen MR) is 133 cm³/mol. The summed E-state index contributed by atoms with van der Waals surface area (Å²) in [6.45, 7) is 4.17. The first kappa shape index (κ1) is 22.1. The second-order valence-corrected chi connectivity index (χ2v) is 7.52. The van der Waals surface area contributed by atoms with Crippen LogP contribution in [-0.4, -0.2) is 24.8 Å². The van der Waals surface area contributed by atoms with Crippen molar-refractivity contribution in [2.45, 2.75) is 20.0 Å². The van der Waals surface area contributed by atoms with E-state index in [-0.39, 0.29) is 5.91 Å². The Morgan fingerprint density at radius 2 is 1.61 bits per heavy atom. The van der Waals surface area contributed by atoms with Crippen molar-refractivity contribution in [3.63, 3.8) is 0 Å². The molecule has 1 amide bonds. The molecule has 166 valence electrons. The fraction of sp³-hybridized carbons (Fsp3) is 0.143. The van der Waals surface area contributed by atoms with Crippen LogP contribution in [0, 0.1) is 0 Å². The third kappa shape index (κ3) is 5.39. The zero-order chi connectivity index (χ0) is 23.0. The summed E-state index contributed by atoms with van der Waals surface area (Å²) in [5, 5.41) is 6.24. The highest BCUT2D eigenvalue weighted by atomic mass is 16.5. The maximum absolute atomic E-state index is 12.5. The van der Waals surface area contributed by atoms with Gasteiger partial charge in [-0.3, -0.25) is 4.79 Å². The van der Waals surface area contributed by atoms with Crippen molar-refractivity contribution < 1.29 is 14.3 Å². The quantitative estimate of drug-likeness (QED) is 0.278. The van der Waals surface area contributed by atoms with Gasteiger partial charge in [-0.15, -0.1) is 0 Å². The summed E-state index contributed by atoms with van der Waals surface area (Å²) in [5.74, 6) is 1.00. The molecule has 0 aliphatic carbocycles. The third-order valence-electron chi connectivity index (χ3n) is 5.24. The van der Waals surface area contributed by atoms with E-state index in [2.05, 4.69) is 22.7 Å². The Balaban J connectivity index is 1.41. The number of fused-ring (bicyclic) bond motifs is 1. The van der Waals surface area contributed by atoms with Gasteiger partial charge in [-0.25, -0.2) is 5.43 Å². The Morgan fingerprint density at radius 3 is 2.36 bits per heavy atom. The number of hydrogen-bond donors (Lipinski definition) is 1. The third-order valence-corrected chi connectivity index (χ3v) is 5.24. The Labute approximate surface area is 193 Å². The smallest absolute Gasteiger partial charge is 0.280 e. The van der Waals surface area contributed by atoms with Gasteiger partial charge in [0.2, 0.25) is 0 Å². The Kier molecular flexibility index (Phi) is 7.00. The Bertz CT molecular complexity index is 1250. The summed E-state index contributed by atoms with van der Waals surface area (Å²) in [6.07, 6.45) is 0.913. The van der Waals surface area contributed by atoms with Crippen molar-refractivity contribution in [2.75, 3.05) is 6.61 Å². The molecule has 33 heavy (non-hydrogen) atoms. The van der Waals surface area contributed by atoms with E-state index in [1.54, 1.807) is 13.1 Å². The van der Waals surface area contributed by atoms with Gasteiger partial charge in [0.05, 0.1) is 12.8 Å². The first-order chi connectivity index (χ1) is 16.2. The van der Waals surface area contributed by atoms with Crippen LogP contribution in [0.1, 0.15) is 19.4 Å². The maximum atomic E-state index is 12.5. The van der Waals surface area contributed by atoms with E-state index >= 15 is 0 Å². The van der Waals surface area contributed by atoms with Crippen molar-refractivity contribution in [1.82, 2.24) is 5.43 Å². The van der Waals surface area contributed by atoms with Crippen LogP contribution in [0.5, 0.6) is 11.5 Å². The summed E-state index contributed by atoms with van der Waals surface area (Å²) in [6, 6.07) is 29.7. The molecule has 0 aromatic heterocycles. The van der Waals surface area contributed by atoms with Crippen molar-refractivity contribution in [3.05, 3.63) is 96.6 Å². The molecule has 5 nitrogen and oxygen atoms in total. The van der Waals surface area contributed by atoms with E-state index in [0.29, 0.717) is 12.4 Å². The topological polar surface area (TPSA) is 59.9 Å². The molecule has 0 bridgehead atoms. The van der Waals surface area contributed by atoms with Gasteiger partial charge in [0.15, 0.2) is 6.10 Å². The van der Waals surface area contributed by atoms with E-state index in [1.807, 2.05) is 85.8 Å². The molecular weight excluding hydrogens is 412 g/mol. The lowest BCUT2D eigenvalue weighted by Gasteiger charge is -2.14. The molecule has 4 aromatic rings. The molecule has 5 heteroatoms. The van der Waals surface area contributed by atoms with Crippen LogP contribution in [0.2, 0.25) is 0 Å². The van der Waals surface area contributed by atoms with Gasteiger partial charge in [0.1, 0.15) is 11.5 Å². The second kappa shape index (κ2) is 10.5. The van der Waals surface area contributed by atoms with Crippen LogP contribution in [0.25, 0.3) is 21.9 Å². The lowest BCUT2D eigenvalue weighted by molar-refractivity contribution is -0.127. The number of nitrogens with one attached hydrogen (secondary N) is 1. The highest BCUT2D eigenvalue weighted by Crippen LogP contribution is 2.27. The van der Waals surface area contributed by atoms with Crippen molar-refractivity contribution in [3.8, 4) is 22.6 Å². The molecule has 0 aliphatic rings. The van der Waals surface area contributed by atoms with Crippen molar-refractivity contribution >= 4 is 22.9 Å². The van der Waals surface area contributed by atoms with E-state index in [1.165, 1.54) is 0 Å². The van der Waals surface area contributed by atoms with Crippen LogP contribution in [0.4, 0.5) is 0 Å². The lowest BCUT2D eigenvalue weighted by Crippen LogP contribution is -2.33. The Morgan fingerprint density at radius 1 is 0.909 bits per heavy atom. The number of nitrogens with zero attached hydrogens (tertiary/aromatic N) is 1. The minimum atomic E-state index is -0.705. The minimum absolute atomic E-state index is 0.336. The molecule has 0 fully saturated rings. The number of carbonyl (C=O) groups excluding carboxylic acids is 1. The van der Waals surface area contributed by atoms with E-state index in [4.69, 9.17) is 9.47 Å². The molecule has 0 saturated heterocycles. The normalized spacial score (nSPS) is 11.9. The largest absolute Gasteiger partial charge is 0.493 e. The molecule has 4 rings (SSSR count). The number of hydrogen-bond acceptors (Lipinski definition) is 4. The van der Waals surface area contributed by atoms with Gasteiger partial charge < -0.3 is 9.47 Å². The monoisotopic (exact) mass is 438 g/mol. The van der Waals surface area contributed by atoms with Crippen LogP contribution >= 0.6 is 0 Å². The van der Waals surface area contributed by atoms with E-state index < -0.39 is 6.10 Å². The highest BCUT2D eigenvalue weighted by Gasteiger charge is 2.14. The summed E-state index contributed by atoms with van der Waals surface area (Å²) in [4.78, 5) is 12.5. The average molecular weight is 439 g/mol. The van der Waals surface area contributed by atoms with Crippen molar-refractivity contribution in [1.29, 1.82) is 0 Å². The molecule has 4 aromatic carbocycles. The number of ether oxygens (including phenoxy) is 2. The van der Waals surface area contributed by atoms with Crippen LogP contribution < -0.4 is 14.9 Å². The van der Waals surface area contributed by atoms with E-state index in [9.17, 15) is 4.79 Å². The highest BCUT2D eigenvalue weighted by molar-refractivity contribution is 6.02. The molecule has 0 radical (unpaired) electrons. The van der Waals surface area contributed by atoms with Gasteiger partial charge in [0, 0.05) is 5.56 Å². The van der Waals surface area contributed by atoms with Gasteiger partial charge in [-0.1, -0.05) is 72.8 Å². The minimum Gasteiger partial charge on any atom is -0.493 e. The zero-order valence-corrected chi connectivity index (χ0v) is 18.7. The Hall–Kier alpha value is -4.12. The molecule has 1 N–H and O–H groups in total. The standard InChI is InChI=1S/C28H26N2O3/c1-3-32-27-18-15-23-11-7-8-12-25(23)26(27)19-29-30-28(31)20(2)33-24-16-13-22(14-17-24)21-9-5-4-6-10-21/h4-20H,3H2,1-2H3,(H,30,31)/b29-19+/t20-/m1/s1. The number of hydrazone groups is 1. The second-order valence-electron chi connectivity index (χ2n) is 7.52. The first-order valence-electron chi connectivity index (χ1n) is 11.0. The fourth-order valence-corrected chi connectivity index (χ4v) is 3.56. The van der Waals surface area contributed by atoms with Crippen LogP contribution in [0.3, 0.4) is 0 Å². The number of rotatable bonds is 8. The average Bonchev–Trinajstić information content (AvgIpc) is 2.86. The number of amides is 1. The molecule has 0 heterocycles. The number of carbonyl (C=O) groups is 1. The zero-order valence-electron chi connectivity index (χ0n) is 18.7. The summed E-state index contributed by atoms with van der Waals surface area (Å²) < 4.78 is 11.5. The number of benzene rings is 4. The molecule has 0 unspecified atom stereocenters. The summed E-state index contributed by atoms with van der Waals surface area (Å²) in [5.41, 5.74) is 5.61. The summed E-state index contributed by atoms with van der Waals surface area (Å²) in [7, 11) is 0.